The Morgan fingerprint density at radius 1 is 1.25 bits per heavy atom. The molecule has 0 unspecified atom stereocenters. The van der Waals surface area contributed by atoms with Crippen LogP contribution in [0.3, 0.4) is 0 Å². The van der Waals surface area contributed by atoms with E-state index in [4.69, 9.17) is 5.73 Å². The van der Waals surface area contributed by atoms with E-state index in [1.807, 2.05) is 0 Å². The monoisotopic (exact) mass is 358 g/mol. The summed E-state index contributed by atoms with van der Waals surface area (Å²) in [5.74, 6) is -0.837. The third-order valence-electron chi connectivity index (χ3n) is 2.73. The maximum absolute atomic E-state index is 13.8. The Morgan fingerprint density at radius 2 is 1.90 bits per heavy atom. The number of aryl methyl sites for hydroxylation is 1. The lowest BCUT2D eigenvalue weighted by Crippen LogP contribution is -2.15. The van der Waals surface area contributed by atoms with Gasteiger partial charge in [-0.3, -0.25) is 4.72 Å². The summed E-state index contributed by atoms with van der Waals surface area (Å²) < 4.78 is 41.1. The molecule has 0 aliphatic heterocycles. The second kappa shape index (κ2) is 5.41. The van der Waals surface area contributed by atoms with Crippen molar-refractivity contribution in [3.63, 3.8) is 0 Å². The summed E-state index contributed by atoms with van der Waals surface area (Å²) in [6, 6.07) is 8.87. The molecule has 0 atom stereocenters. The zero-order valence-corrected chi connectivity index (χ0v) is 12.9. The van der Waals surface area contributed by atoms with E-state index in [1.165, 1.54) is 0 Å². The van der Waals surface area contributed by atoms with Gasteiger partial charge in [0.05, 0.1) is 5.69 Å². The largest absolute Gasteiger partial charge is 0.398 e. The van der Waals surface area contributed by atoms with Crippen molar-refractivity contribution in [3.8, 4) is 0 Å². The molecule has 0 aliphatic carbocycles. The topological polar surface area (TPSA) is 72.2 Å². The van der Waals surface area contributed by atoms with Gasteiger partial charge in [-0.15, -0.1) is 0 Å². The molecule has 3 N–H and O–H groups in total. The minimum Gasteiger partial charge on any atom is -0.398 e. The number of nitrogens with one attached hydrogen (secondary N) is 1. The number of sulfonamides is 1. The summed E-state index contributed by atoms with van der Waals surface area (Å²) >= 11 is 3.22. The van der Waals surface area contributed by atoms with Crippen LogP contribution in [0.4, 0.5) is 15.8 Å². The minimum atomic E-state index is -4.04. The lowest BCUT2D eigenvalue weighted by molar-refractivity contribution is 0.570. The van der Waals surface area contributed by atoms with E-state index in [1.54, 1.807) is 31.2 Å². The van der Waals surface area contributed by atoms with Gasteiger partial charge in [0.2, 0.25) is 0 Å². The molecule has 0 aliphatic rings. The SMILES string of the molecule is Cc1cc(F)c(S(=O)(=O)Nc2ccccc2Br)cc1N. The van der Waals surface area contributed by atoms with Gasteiger partial charge in [-0.1, -0.05) is 12.1 Å². The molecule has 2 aromatic carbocycles. The van der Waals surface area contributed by atoms with Gasteiger partial charge in [-0.25, -0.2) is 12.8 Å². The highest BCUT2D eigenvalue weighted by Gasteiger charge is 2.21. The van der Waals surface area contributed by atoms with E-state index in [0.717, 1.165) is 12.1 Å². The van der Waals surface area contributed by atoms with Gasteiger partial charge in [0.15, 0.2) is 0 Å². The zero-order valence-electron chi connectivity index (χ0n) is 10.5. The number of anilines is 2. The molecule has 2 aromatic rings. The van der Waals surface area contributed by atoms with Crippen molar-refractivity contribution in [2.24, 2.45) is 0 Å². The van der Waals surface area contributed by atoms with Gasteiger partial charge < -0.3 is 5.73 Å². The third-order valence-corrected chi connectivity index (χ3v) is 4.80. The molecule has 20 heavy (non-hydrogen) atoms. The number of benzene rings is 2. The first kappa shape index (κ1) is 14.8. The first-order valence-corrected chi connectivity index (χ1v) is 7.92. The molecule has 0 aromatic heterocycles. The van der Waals surface area contributed by atoms with Crippen LogP contribution >= 0.6 is 15.9 Å². The smallest absolute Gasteiger partial charge is 0.264 e. The van der Waals surface area contributed by atoms with Crippen LogP contribution in [0.5, 0.6) is 0 Å². The minimum absolute atomic E-state index is 0.221. The van der Waals surface area contributed by atoms with Crippen LogP contribution in [-0.2, 0) is 10.0 Å². The number of hydrogen-bond acceptors (Lipinski definition) is 3. The van der Waals surface area contributed by atoms with Crippen molar-refractivity contribution in [2.45, 2.75) is 11.8 Å². The quantitative estimate of drug-likeness (QED) is 0.827. The van der Waals surface area contributed by atoms with Gasteiger partial charge >= 0.3 is 0 Å². The average Bonchev–Trinajstić information content (AvgIpc) is 2.36. The number of nitrogens with two attached hydrogens (primary N) is 1. The Morgan fingerprint density at radius 3 is 2.55 bits per heavy atom. The Kier molecular flexibility index (Phi) is 4.01. The van der Waals surface area contributed by atoms with Crippen LogP contribution in [-0.4, -0.2) is 8.42 Å². The van der Waals surface area contributed by atoms with Gasteiger partial charge in [-0.2, -0.15) is 0 Å². The molecule has 0 saturated carbocycles. The standard InChI is InChI=1S/C13H12BrFN2O2S/c1-8-6-10(15)13(7-11(8)16)20(18,19)17-12-5-3-2-4-9(12)14/h2-7,17H,16H2,1H3. The lowest BCUT2D eigenvalue weighted by atomic mass is 10.2. The Balaban J connectivity index is 2.47. The van der Waals surface area contributed by atoms with E-state index in [-0.39, 0.29) is 5.69 Å². The molecule has 0 spiro atoms. The first-order chi connectivity index (χ1) is 9.31. The number of para-hydroxylation sites is 1. The van der Waals surface area contributed by atoms with E-state index in [0.29, 0.717) is 15.7 Å². The molecule has 0 radical (unpaired) electrons. The Labute approximate surface area is 125 Å². The predicted octanol–water partition coefficient (Wildman–Crippen LogP) is 3.28. The van der Waals surface area contributed by atoms with Gasteiger partial charge in [-0.05, 0) is 52.7 Å². The summed E-state index contributed by atoms with van der Waals surface area (Å²) in [5.41, 5.74) is 6.68. The van der Waals surface area contributed by atoms with Crippen molar-refractivity contribution in [1.82, 2.24) is 0 Å². The van der Waals surface area contributed by atoms with Crippen LogP contribution < -0.4 is 10.5 Å². The number of nitrogen functional groups attached to an aromatic ring is 1. The molecule has 0 heterocycles. The number of rotatable bonds is 3. The van der Waals surface area contributed by atoms with Gasteiger partial charge in [0.25, 0.3) is 10.0 Å². The van der Waals surface area contributed by atoms with Gasteiger partial charge in [0, 0.05) is 10.2 Å². The maximum Gasteiger partial charge on any atom is 0.264 e. The van der Waals surface area contributed by atoms with Crippen molar-refractivity contribution in [3.05, 3.63) is 52.3 Å². The molecule has 0 bridgehead atoms. The number of hydrogen-bond donors (Lipinski definition) is 2. The van der Waals surface area contributed by atoms with Crippen LogP contribution in [0.2, 0.25) is 0 Å². The predicted molar refractivity (Wildman–Crippen MR) is 80.5 cm³/mol. The summed E-state index contributed by atoms with van der Waals surface area (Å²) in [6.07, 6.45) is 0. The average molecular weight is 359 g/mol. The lowest BCUT2D eigenvalue weighted by Gasteiger charge is -2.11. The highest BCUT2D eigenvalue weighted by atomic mass is 79.9. The molecule has 7 heteroatoms. The highest BCUT2D eigenvalue weighted by Crippen LogP contribution is 2.27. The van der Waals surface area contributed by atoms with Crippen LogP contribution in [0.25, 0.3) is 0 Å². The van der Waals surface area contributed by atoms with E-state index in [2.05, 4.69) is 20.7 Å². The van der Waals surface area contributed by atoms with Crippen molar-refractivity contribution >= 4 is 37.3 Å². The molecule has 4 nitrogen and oxygen atoms in total. The Bertz CT molecular complexity index is 763. The molecular weight excluding hydrogens is 347 g/mol. The van der Waals surface area contributed by atoms with E-state index in [9.17, 15) is 12.8 Å². The van der Waals surface area contributed by atoms with E-state index >= 15 is 0 Å². The molecule has 0 fully saturated rings. The first-order valence-electron chi connectivity index (χ1n) is 5.64. The second-order valence-corrected chi connectivity index (χ2v) is 6.73. The second-order valence-electron chi connectivity index (χ2n) is 4.22. The maximum atomic E-state index is 13.8. The van der Waals surface area contributed by atoms with Crippen molar-refractivity contribution in [1.29, 1.82) is 0 Å². The fraction of sp³-hybridized carbons (Fsp3) is 0.0769. The van der Waals surface area contributed by atoms with Crippen molar-refractivity contribution in [2.75, 3.05) is 10.5 Å². The summed E-state index contributed by atoms with van der Waals surface area (Å²) in [4.78, 5) is -0.476. The molecule has 0 saturated heterocycles. The normalized spacial score (nSPS) is 11.3. The Hall–Kier alpha value is -1.60. The molecule has 0 amide bonds. The van der Waals surface area contributed by atoms with Gasteiger partial charge in [0.1, 0.15) is 10.7 Å². The fourth-order valence-corrected chi connectivity index (χ4v) is 3.31. The molecule has 2 rings (SSSR count). The van der Waals surface area contributed by atoms with Crippen LogP contribution in [0.1, 0.15) is 5.56 Å². The third kappa shape index (κ3) is 2.94. The summed E-state index contributed by atoms with van der Waals surface area (Å²) in [5, 5.41) is 0. The van der Waals surface area contributed by atoms with Crippen LogP contribution in [0, 0.1) is 12.7 Å². The van der Waals surface area contributed by atoms with Crippen molar-refractivity contribution < 1.29 is 12.8 Å². The van der Waals surface area contributed by atoms with E-state index < -0.39 is 20.7 Å². The zero-order chi connectivity index (χ0) is 14.9. The van der Waals surface area contributed by atoms with Crippen LogP contribution in [0.15, 0.2) is 45.8 Å². The molecule has 106 valence electrons. The summed E-state index contributed by atoms with van der Waals surface area (Å²) in [6.45, 7) is 1.61. The highest BCUT2D eigenvalue weighted by molar-refractivity contribution is 9.10. The molecular formula is C13H12BrFN2O2S. The number of halogens is 2. The fourth-order valence-electron chi connectivity index (χ4n) is 1.62. The summed E-state index contributed by atoms with van der Waals surface area (Å²) in [7, 11) is -4.04.